The fraction of sp³-hybridized carbons (Fsp3) is 0. The predicted molar refractivity (Wildman–Crippen MR) is 38.5 cm³/mol. The van der Waals surface area contributed by atoms with Crippen molar-refractivity contribution in [1.29, 1.82) is 0 Å². The van der Waals surface area contributed by atoms with Crippen LogP contribution in [0.3, 0.4) is 0 Å². The van der Waals surface area contributed by atoms with Crippen LogP contribution in [0.5, 0.6) is 0 Å². The molecule has 0 aromatic heterocycles. The summed E-state index contributed by atoms with van der Waals surface area (Å²) in [6.45, 7) is 0. The van der Waals surface area contributed by atoms with E-state index in [1.807, 2.05) is 0 Å². The van der Waals surface area contributed by atoms with Crippen LogP contribution >= 0.6 is 7.82 Å². The van der Waals surface area contributed by atoms with Gasteiger partial charge in [0.05, 0.1) is 0 Å². The van der Waals surface area contributed by atoms with Gasteiger partial charge in [0, 0.05) is 0 Å². The van der Waals surface area contributed by atoms with Crippen LogP contribution in [0.4, 0.5) is 0 Å². The van der Waals surface area contributed by atoms with Crippen LogP contribution in [-0.4, -0.2) is 149 Å². The minimum atomic E-state index is -4.64. The molecule has 0 unspecified atom stereocenters. The van der Waals surface area contributed by atoms with Crippen molar-refractivity contribution in [2.75, 3.05) is 0 Å². The van der Waals surface area contributed by atoms with Crippen LogP contribution in [0.2, 0.25) is 0 Å². The molecule has 0 rings (SSSR count). The van der Waals surface area contributed by atoms with Crippen LogP contribution in [0.25, 0.3) is 0 Å². The summed E-state index contributed by atoms with van der Waals surface area (Å²) in [5.41, 5.74) is 0. The Kier molecular flexibility index (Phi) is 32.8. The molecule has 8 heavy (non-hydrogen) atoms. The van der Waals surface area contributed by atoms with Crippen molar-refractivity contribution < 1.29 is 19.2 Å². The van der Waals surface area contributed by atoms with E-state index < -0.39 is 7.82 Å². The molecule has 0 aromatic rings. The Bertz CT molecular complexity index is 62.2. The van der Waals surface area contributed by atoms with Gasteiger partial charge < -0.3 is 14.7 Å². The monoisotopic (exact) mass is 270 g/mol. The van der Waals surface area contributed by atoms with Crippen LogP contribution in [-0.2, 0) is 4.57 Å². The summed E-state index contributed by atoms with van der Waals surface area (Å²) in [5, 5.41) is 0. The van der Waals surface area contributed by atoms with Crippen molar-refractivity contribution in [2.24, 2.45) is 0 Å². The fourth-order valence-corrected chi connectivity index (χ4v) is 0. The molecule has 42 valence electrons. The van der Waals surface area contributed by atoms with Gasteiger partial charge in [-0.05, 0) is 0 Å². The third-order valence-electron chi connectivity index (χ3n) is 0. The molecular weight excluding hydrogens is 262 g/mol. The Labute approximate surface area is 157 Å². The molecule has 0 saturated carbocycles. The predicted octanol–water partition coefficient (Wildman–Crippen LogP) is -3.41. The molecule has 0 aromatic carbocycles. The Morgan fingerprint density at radius 3 is 1.12 bits per heavy atom. The van der Waals surface area contributed by atoms with Gasteiger partial charge in [0.25, 0.3) is 0 Å². The van der Waals surface area contributed by atoms with Gasteiger partial charge in [0.15, 0.2) is 0 Å². The quantitative estimate of drug-likeness (QED) is 0.316. The number of phosphoric acid groups is 1. The molecule has 0 radical (unpaired) electrons. The van der Waals surface area contributed by atoms with Gasteiger partial charge >= 0.3 is 142 Å². The van der Waals surface area contributed by atoms with Crippen molar-refractivity contribution in [3.63, 3.8) is 0 Å². The van der Waals surface area contributed by atoms with Crippen LogP contribution < -0.4 is 0 Å². The first-order valence-corrected chi connectivity index (χ1v) is 2.35. The van der Waals surface area contributed by atoms with E-state index in [2.05, 4.69) is 0 Å². The minimum absolute atomic E-state index is 0. The van der Waals surface area contributed by atoms with Gasteiger partial charge in [0.1, 0.15) is 0 Å². The van der Waals surface area contributed by atoms with Crippen molar-refractivity contribution in [3.05, 3.63) is 0 Å². The number of rotatable bonds is 0. The molecule has 0 amide bonds. The third kappa shape index (κ3) is 46.9. The summed E-state index contributed by atoms with van der Waals surface area (Å²) >= 11 is 0. The molecule has 3 N–H and O–H groups in total. The normalized spacial score (nSPS) is 7.38. The van der Waals surface area contributed by atoms with E-state index in [1.54, 1.807) is 0 Å². The SMILES string of the molecule is O=P(O)(O)O.[CaH2].[KH].[SrH2]. The summed E-state index contributed by atoms with van der Waals surface area (Å²) in [6, 6.07) is 0. The van der Waals surface area contributed by atoms with Gasteiger partial charge in [-0.25, -0.2) is 4.57 Å². The molecule has 0 aliphatic rings. The van der Waals surface area contributed by atoms with E-state index >= 15 is 0 Å². The molecule has 0 atom stereocenters. The van der Waals surface area contributed by atoms with Crippen LogP contribution in [0.15, 0.2) is 0 Å². The molecule has 0 aliphatic carbocycles. The van der Waals surface area contributed by atoms with E-state index in [9.17, 15) is 0 Å². The second-order valence-electron chi connectivity index (χ2n) is 0.513. The molecule has 0 fully saturated rings. The van der Waals surface area contributed by atoms with Crippen LogP contribution in [0.1, 0.15) is 0 Å². The molecule has 0 aliphatic heterocycles. The topological polar surface area (TPSA) is 77.8 Å². The van der Waals surface area contributed by atoms with Gasteiger partial charge in [-0.1, -0.05) is 0 Å². The molecule has 8 heteroatoms. The summed E-state index contributed by atoms with van der Waals surface area (Å²) < 4.78 is 8.88. The van der Waals surface area contributed by atoms with E-state index in [0.717, 1.165) is 0 Å². The van der Waals surface area contributed by atoms with Crippen LogP contribution in [0, 0.1) is 0 Å². The zero-order valence-corrected chi connectivity index (χ0v) is 3.09. The first-order valence-electron chi connectivity index (χ1n) is 0.783. The Hall–Kier alpha value is 4.49. The standard InChI is InChI=1S/Ca.K.H3O4P.Sr.5H/c;;1-5(2,3)4;;;;;;/h;;(H3,1,2,3,4);;;;;;. The van der Waals surface area contributed by atoms with E-state index in [-0.39, 0.29) is 135 Å². The zero-order chi connectivity index (χ0) is 4.50. The van der Waals surface area contributed by atoms with E-state index in [0.29, 0.717) is 0 Å². The van der Waals surface area contributed by atoms with E-state index in [1.165, 1.54) is 0 Å². The first kappa shape index (κ1) is 22.9. The molecule has 0 bridgehead atoms. The molecular formula is H8CaKO4PSr. The van der Waals surface area contributed by atoms with Crippen molar-refractivity contribution in [1.82, 2.24) is 0 Å². The molecule has 0 heterocycles. The van der Waals surface area contributed by atoms with Crippen molar-refractivity contribution in [2.45, 2.75) is 0 Å². The maximum absolute atomic E-state index is 8.88. The average molecular weight is 270 g/mol. The Balaban J connectivity index is -0.0000000267. The van der Waals surface area contributed by atoms with Gasteiger partial charge in [0.2, 0.25) is 0 Å². The molecule has 4 nitrogen and oxygen atoms in total. The summed E-state index contributed by atoms with van der Waals surface area (Å²) in [4.78, 5) is 21.6. The Morgan fingerprint density at radius 2 is 1.12 bits per heavy atom. The average Bonchev–Trinajstić information content (AvgIpc) is 0.722. The molecule has 0 saturated heterocycles. The van der Waals surface area contributed by atoms with Crippen molar-refractivity contribution >= 4 is 142 Å². The van der Waals surface area contributed by atoms with Gasteiger partial charge in [-0.15, -0.1) is 0 Å². The Morgan fingerprint density at radius 1 is 1.12 bits per heavy atom. The number of hydrogen-bond donors (Lipinski definition) is 3. The van der Waals surface area contributed by atoms with Gasteiger partial charge in [-0.3, -0.25) is 0 Å². The maximum atomic E-state index is 8.88. The zero-order valence-electron chi connectivity index (χ0n) is 2.20. The third-order valence-corrected chi connectivity index (χ3v) is 0. The summed E-state index contributed by atoms with van der Waals surface area (Å²) in [6.07, 6.45) is 0. The van der Waals surface area contributed by atoms with Crippen molar-refractivity contribution in [3.8, 4) is 0 Å². The van der Waals surface area contributed by atoms with E-state index in [4.69, 9.17) is 19.2 Å². The second-order valence-corrected chi connectivity index (χ2v) is 1.54. The fourth-order valence-electron chi connectivity index (χ4n) is 0. The second kappa shape index (κ2) is 11.5. The molecule has 0 spiro atoms. The summed E-state index contributed by atoms with van der Waals surface area (Å²) in [5.74, 6) is 0. The summed E-state index contributed by atoms with van der Waals surface area (Å²) in [7, 11) is -4.64. The van der Waals surface area contributed by atoms with Gasteiger partial charge in [-0.2, -0.15) is 0 Å². The first-order chi connectivity index (χ1) is 2.00. The number of hydrogen-bond acceptors (Lipinski definition) is 1.